The number of rotatable bonds is 4. The summed E-state index contributed by atoms with van der Waals surface area (Å²) in [5.74, 6) is -1.60. The van der Waals surface area contributed by atoms with Crippen LogP contribution >= 0.6 is 0 Å². The molecule has 1 heterocycles. The van der Waals surface area contributed by atoms with Gasteiger partial charge in [0.15, 0.2) is 0 Å². The van der Waals surface area contributed by atoms with Gasteiger partial charge in [-0.2, -0.15) is 4.98 Å². The van der Waals surface area contributed by atoms with Gasteiger partial charge in [-0.3, -0.25) is 0 Å². The number of carboxylic acid groups (broad SMARTS) is 1. The van der Waals surface area contributed by atoms with E-state index in [1.165, 1.54) is 14.0 Å². The lowest BCUT2D eigenvalue weighted by atomic mass is 9.98. The van der Waals surface area contributed by atoms with Crippen LogP contribution in [-0.4, -0.2) is 35.8 Å². The molecular formula is C21H18N2O5. The maximum Gasteiger partial charge on any atom is 0.417 e. The number of oxazole rings is 1. The molecule has 1 aromatic heterocycles. The molecule has 0 aliphatic heterocycles. The van der Waals surface area contributed by atoms with Gasteiger partial charge in [-0.05, 0) is 29.2 Å². The fourth-order valence-electron chi connectivity index (χ4n) is 3.49. The first-order valence-corrected chi connectivity index (χ1v) is 8.76. The maximum absolute atomic E-state index is 12.5. The molecule has 4 rings (SSSR count). The van der Waals surface area contributed by atoms with E-state index in [1.54, 1.807) is 0 Å². The van der Waals surface area contributed by atoms with Gasteiger partial charge in [0.2, 0.25) is 5.76 Å². The Kier molecular flexibility index (Phi) is 4.35. The maximum atomic E-state index is 12.5. The van der Waals surface area contributed by atoms with Gasteiger partial charge < -0.3 is 14.3 Å². The minimum atomic E-state index is -1.24. The highest BCUT2D eigenvalue weighted by molar-refractivity contribution is 5.88. The summed E-state index contributed by atoms with van der Waals surface area (Å²) in [4.78, 5) is 28.6. The summed E-state index contributed by atoms with van der Waals surface area (Å²) in [6.07, 6.45) is -0.667. The van der Waals surface area contributed by atoms with E-state index in [0.29, 0.717) is 0 Å². The van der Waals surface area contributed by atoms with Gasteiger partial charge in [-0.15, -0.1) is 0 Å². The Bertz CT molecular complexity index is 1030. The second kappa shape index (κ2) is 6.84. The molecule has 3 aromatic rings. The van der Waals surface area contributed by atoms with Crippen LogP contribution in [0, 0.1) is 6.92 Å². The topological polar surface area (TPSA) is 92.9 Å². The van der Waals surface area contributed by atoms with Crippen LogP contribution in [0.1, 0.15) is 33.3 Å². The number of fused-ring (bicyclic) bond motifs is 3. The lowest BCUT2D eigenvalue weighted by Crippen LogP contribution is -2.28. The molecule has 0 radical (unpaired) electrons. The highest BCUT2D eigenvalue weighted by Crippen LogP contribution is 2.44. The summed E-state index contributed by atoms with van der Waals surface area (Å²) >= 11 is 0. The lowest BCUT2D eigenvalue weighted by molar-refractivity contribution is 0.0661. The Labute approximate surface area is 161 Å². The van der Waals surface area contributed by atoms with Gasteiger partial charge in [0, 0.05) is 13.0 Å². The number of ether oxygens (including phenoxy) is 1. The van der Waals surface area contributed by atoms with Gasteiger partial charge in [0.25, 0.3) is 0 Å². The van der Waals surface area contributed by atoms with Crippen LogP contribution < -0.4 is 4.90 Å². The molecule has 0 spiro atoms. The number of aromatic carboxylic acids is 1. The number of aryl methyl sites for hydroxylation is 1. The molecule has 7 nitrogen and oxygen atoms in total. The number of amides is 1. The average Bonchev–Trinajstić information content (AvgIpc) is 3.24. The molecule has 0 bridgehead atoms. The predicted molar refractivity (Wildman–Crippen MR) is 102 cm³/mol. The molecule has 142 valence electrons. The second-order valence-corrected chi connectivity index (χ2v) is 6.58. The van der Waals surface area contributed by atoms with Crippen LogP contribution in [0.4, 0.5) is 10.8 Å². The summed E-state index contributed by atoms with van der Waals surface area (Å²) in [6, 6.07) is 16.0. The zero-order valence-corrected chi connectivity index (χ0v) is 15.4. The quantitative estimate of drug-likeness (QED) is 0.736. The highest BCUT2D eigenvalue weighted by Gasteiger charge is 2.30. The minimum absolute atomic E-state index is 0.0642. The summed E-state index contributed by atoms with van der Waals surface area (Å²) in [5.41, 5.74) is 4.70. The molecule has 1 aliphatic carbocycles. The third-order valence-electron chi connectivity index (χ3n) is 4.88. The number of nitrogens with zero attached hydrogens (tertiary/aromatic N) is 2. The van der Waals surface area contributed by atoms with Crippen LogP contribution in [0.5, 0.6) is 0 Å². The lowest BCUT2D eigenvalue weighted by Gasteiger charge is -2.17. The van der Waals surface area contributed by atoms with Crippen molar-refractivity contribution in [3.05, 3.63) is 71.1 Å². The van der Waals surface area contributed by atoms with Crippen molar-refractivity contribution in [3.8, 4) is 11.1 Å². The Morgan fingerprint density at radius 1 is 1.11 bits per heavy atom. The van der Waals surface area contributed by atoms with E-state index in [-0.39, 0.29) is 30.0 Å². The van der Waals surface area contributed by atoms with Crippen molar-refractivity contribution in [1.29, 1.82) is 0 Å². The van der Waals surface area contributed by atoms with Crippen LogP contribution in [0.25, 0.3) is 11.1 Å². The number of carbonyl (C=O) groups excluding carboxylic acids is 1. The summed E-state index contributed by atoms with van der Waals surface area (Å²) < 4.78 is 10.7. The first-order chi connectivity index (χ1) is 13.5. The predicted octanol–water partition coefficient (Wildman–Crippen LogP) is 4.07. The molecule has 1 aliphatic rings. The van der Waals surface area contributed by atoms with Crippen LogP contribution in [0.2, 0.25) is 0 Å². The fourth-order valence-corrected chi connectivity index (χ4v) is 3.49. The third-order valence-corrected chi connectivity index (χ3v) is 4.88. The number of hydrogen-bond donors (Lipinski definition) is 1. The fraction of sp³-hybridized carbons (Fsp3) is 0.190. The van der Waals surface area contributed by atoms with Crippen molar-refractivity contribution in [2.24, 2.45) is 0 Å². The molecule has 0 saturated heterocycles. The number of anilines is 1. The molecule has 0 saturated carbocycles. The number of benzene rings is 2. The molecule has 0 unspecified atom stereocenters. The van der Waals surface area contributed by atoms with E-state index < -0.39 is 12.1 Å². The van der Waals surface area contributed by atoms with Gasteiger partial charge in [-0.1, -0.05) is 48.5 Å². The summed E-state index contributed by atoms with van der Waals surface area (Å²) in [5, 5.41) is 9.06. The van der Waals surface area contributed by atoms with E-state index in [4.69, 9.17) is 14.3 Å². The van der Waals surface area contributed by atoms with Gasteiger partial charge in [0.1, 0.15) is 6.61 Å². The number of carbonyl (C=O) groups is 2. The molecule has 7 heteroatoms. The monoisotopic (exact) mass is 378 g/mol. The van der Waals surface area contributed by atoms with Crippen molar-refractivity contribution < 1.29 is 23.8 Å². The molecule has 1 amide bonds. The van der Waals surface area contributed by atoms with E-state index in [2.05, 4.69) is 17.1 Å². The van der Waals surface area contributed by atoms with E-state index in [0.717, 1.165) is 27.2 Å². The standard InChI is InChI=1S/C21H18N2O5/c1-12-18(19(24)25)28-20(22-12)23(2)21(26)27-11-17-15-9-5-3-7-13(15)14-8-4-6-10-16(14)17/h3-10,17H,11H2,1-2H3,(H,24,25). The van der Waals surface area contributed by atoms with Crippen molar-refractivity contribution in [2.45, 2.75) is 12.8 Å². The van der Waals surface area contributed by atoms with E-state index >= 15 is 0 Å². The highest BCUT2D eigenvalue weighted by atomic mass is 16.6. The Morgan fingerprint density at radius 2 is 1.68 bits per heavy atom. The number of hydrogen-bond acceptors (Lipinski definition) is 5. The molecule has 1 N–H and O–H groups in total. The number of aromatic nitrogens is 1. The Balaban J connectivity index is 1.52. The largest absolute Gasteiger partial charge is 0.475 e. The van der Waals surface area contributed by atoms with Crippen LogP contribution in [-0.2, 0) is 4.74 Å². The molecule has 0 atom stereocenters. The zero-order chi connectivity index (χ0) is 19.8. The second-order valence-electron chi connectivity index (χ2n) is 6.58. The van der Waals surface area contributed by atoms with Crippen molar-refractivity contribution in [1.82, 2.24) is 4.98 Å². The molecular weight excluding hydrogens is 360 g/mol. The molecule has 0 fully saturated rings. The normalized spacial score (nSPS) is 12.4. The SMILES string of the molecule is Cc1nc(N(C)C(=O)OCC2c3ccccc3-c3ccccc32)oc1C(=O)O. The van der Waals surface area contributed by atoms with Crippen LogP contribution in [0.3, 0.4) is 0 Å². The zero-order valence-electron chi connectivity index (χ0n) is 15.4. The Hall–Kier alpha value is -3.61. The first kappa shape index (κ1) is 17.8. The van der Waals surface area contributed by atoms with E-state index in [9.17, 15) is 9.59 Å². The van der Waals surface area contributed by atoms with Gasteiger partial charge in [0.05, 0.1) is 5.69 Å². The molecule has 2 aromatic carbocycles. The summed E-state index contributed by atoms with van der Waals surface area (Å²) in [6.45, 7) is 1.66. The minimum Gasteiger partial charge on any atom is -0.475 e. The average molecular weight is 378 g/mol. The van der Waals surface area contributed by atoms with Crippen LogP contribution in [0.15, 0.2) is 52.9 Å². The Morgan fingerprint density at radius 3 is 2.21 bits per heavy atom. The van der Waals surface area contributed by atoms with Crippen molar-refractivity contribution in [3.63, 3.8) is 0 Å². The van der Waals surface area contributed by atoms with Crippen molar-refractivity contribution in [2.75, 3.05) is 18.6 Å². The van der Waals surface area contributed by atoms with E-state index in [1.807, 2.05) is 36.4 Å². The smallest absolute Gasteiger partial charge is 0.417 e. The number of carboxylic acids is 1. The van der Waals surface area contributed by atoms with Crippen molar-refractivity contribution >= 4 is 18.1 Å². The first-order valence-electron chi connectivity index (χ1n) is 8.76. The third kappa shape index (κ3) is 2.90. The summed E-state index contributed by atoms with van der Waals surface area (Å²) in [7, 11) is 1.43. The van der Waals surface area contributed by atoms with Gasteiger partial charge >= 0.3 is 18.1 Å². The van der Waals surface area contributed by atoms with Gasteiger partial charge in [-0.25, -0.2) is 14.5 Å². The molecule has 28 heavy (non-hydrogen) atoms.